The van der Waals surface area contributed by atoms with Crippen molar-refractivity contribution in [1.82, 2.24) is 24.7 Å². The van der Waals surface area contributed by atoms with Gasteiger partial charge in [0.05, 0.1) is 13.0 Å². The lowest BCUT2D eigenvalue weighted by atomic mass is 10.1. The van der Waals surface area contributed by atoms with Crippen LogP contribution in [0, 0.1) is 0 Å². The number of piperazine rings is 1. The third-order valence-corrected chi connectivity index (χ3v) is 4.77. The van der Waals surface area contributed by atoms with Crippen LogP contribution in [-0.4, -0.2) is 64.5 Å². The Morgan fingerprint density at radius 1 is 1.19 bits per heavy atom. The summed E-state index contributed by atoms with van der Waals surface area (Å²) in [5, 5.41) is 5.54. The van der Waals surface area contributed by atoms with Crippen molar-refractivity contribution in [2.75, 3.05) is 38.5 Å². The quantitative estimate of drug-likeness (QED) is 0.824. The minimum absolute atomic E-state index is 0.0534. The van der Waals surface area contributed by atoms with E-state index in [1.807, 2.05) is 47.0 Å². The highest BCUT2D eigenvalue weighted by Crippen LogP contribution is 2.13. The molecular formula is C19H26N6O2. The van der Waals surface area contributed by atoms with Gasteiger partial charge in [0.2, 0.25) is 5.91 Å². The Hall–Kier alpha value is -2.87. The standard InChI is InChI=1S/C19H26N6O2/c1-20-18(26)13-15-4-3-5-16(12-15)22-19(27)25-10-8-24(9-11-25)14-17-21-6-7-23(17)2/h3-7,12H,8-11,13-14H2,1-2H3,(H,20,26)(H,22,27). The maximum Gasteiger partial charge on any atom is 0.321 e. The molecule has 27 heavy (non-hydrogen) atoms. The summed E-state index contributed by atoms with van der Waals surface area (Å²) in [5.41, 5.74) is 1.57. The molecule has 8 nitrogen and oxygen atoms in total. The Bertz CT molecular complexity index is 795. The zero-order valence-electron chi connectivity index (χ0n) is 15.8. The second-order valence-corrected chi connectivity index (χ2v) is 6.70. The minimum atomic E-state index is -0.108. The molecule has 1 aliphatic heterocycles. The molecular weight excluding hydrogens is 344 g/mol. The molecule has 144 valence electrons. The summed E-state index contributed by atoms with van der Waals surface area (Å²) >= 11 is 0. The summed E-state index contributed by atoms with van der Waals surface area (Å²) in [5.74, 6) is 0.975. The lowest BCUT2D eigenvalue weighted by molar-refractivity contribution is -0.119. The Morgan fingerprint density at radius 2 is 1.96 bits per heavy atom. The van der Waals surface area contributed by atoms with Gasteiger partial charge in [0, 0.05) is 58.4 Å². The molecule has 0 saturated carbocycles. The average molecular weight is 370 g/mol. The van der Waals surface area contributed by atoms with E-state index in [1.54, 1.807) is 13.2 Å². The van der Waals surface area contributed by atoms with Gasteiger partial charge in [-0.1, -0.05) is 12.1 Å². The van der Waals surface area contributed by atoms with Crippen molar-refractivity contribution in [2.24, 2.45) is 7.05 Å². The fourth-order valence-corrected chi connectivity index (χ4v) is 3.09. The van der Waals surface area contributed by atoms with Crippen LogP contribution < -0.4 is 10.6 Å². The van der Waals surface area contributed by atoms with E-state index < -0.39 is 0 Å². The first-order chi connectivity index (χ1) is 13.0. The first kappa shape index (κ1) is 18.9. The van der Waals surface area contributed by atoms with Gasteiger partial charge in [-0.2, -0.15) is 0 Å². The number of rotatable bonds is 5. The van der Waals surface area contributed by atoms with Crippen LogP contribution in [0.2, 0.25) is 0 Å². The van der Waals surface area contributed by atoms with Crippen molar-refractivity contribution in [3.05, 3.63) is 48.0 Å². The number of nitrogens with zero attached hydrogens (tertiary/aromatic N) is 4. The summed E-state index contributed by atoms with van der Waals surface area (Å²) in [4.78, 5) is 32.5. The van der Waals surface area contributed by atoms with E-state index in [0.717, 1.165) is 31.0 Å². The van der Waals surface area contributed by atoms with Gasteiger partial charge in [-0.05, 0) is 17.7 Å². The van der Waals surface area contributed by atoms with Crippen molar-refractivity contribution < 1.29 is 9.59 Å². The zero-order chi connectivity index (χ0) is 19.2. The molecule has 0 atom stereocenters. The number of hydrogen-bond acceptors (Lipinski definition) is 4. The van der Waals surface area contributed by atoms with E-state index in [1.165, 1.54) is 0 Å². The van der Waals surface area contributed by atoms with Crippen LogP contribution >= 0.6 is 0 Å². The zero-order valence-corrected chi connectivity index (χ0v) is 15.8. The molecule has 0 unspecified atom stereocenters. The van der Waals surface area contributed by atoms with Crippen molar-refractivity contribution in [2.45, 2.75) is 13.0 Å². The Balaban J connectivity index is 1.50. The van der Waals surface area contributed by atoms with Gasteiger partial charge in [-0.15, -0.1) is 0 Å². The van der Waals surface area contributed by atoms with Crippen LogP contribution in [0.3, 0.4) is 0 Å². The summed E-state index contributed by atoms with van der Waals surface area (Å²) in [6.07, 6.45) is 4.04. The second-order valence-electron chi connectivity index (χ2n) is 6.70. The number of urea groups is 1. The number of imidazole rings is 1. The monoisotopic (exact) mass is 370 g/mol. The number of amides is 3. The minimum Gasteiger partial charge on any atom is -0.359 e. The fraction of sp³-hybridized carbons (Fsp3) is 0.421. The van der Waals surface area contributed by atoms with Gasteiger partial charge in [0.15, 0.2) is 0 Å². The number of likely N-dealkylation sites (N-methyl/N-ethyl adjacent to an activating group) is 1. The largest absolute Gasteiger partial charge is 0.359 e. The molecule has 1 aromatic carbocycles. The van der Waals surface area contributed by atoms with Crippen LogP contribution in [0.5, 0.6) is 0 Å². The lowest BCUT2D eigenvalue weighted by Gasteiger charge is -2.34. The van der Waals surface area contributed by atoms with E-state index in [0.29, 0.717) is 25.2 Å². The van der Waals surface area contributed by atoms with E-state index in [9.17, 15) is 9.59 Å². The number of carbonyl (C=O) groups is 2. The van der Waals surface area contributed by atoms with Gasteiger partial charge >= 0.3 is 6.03 Å². The van der Waals surface area contributed by atoms with E-state index in [4.69, 9.17) is 0 Å². The van der Waals surface area contributed by atoms with Crippen molar-refractivity contribution in [1.29, 1.82) is 0 Å². The van der Waals surface area contributed by atoms with Crippen LogP contribution in [0.25, 0.3) is 0 Å². The first-order valence-corrected chi connectivity index (χ1v) is 9.09. The number of aryl methyl sites for hydroxylation is 1. The Labute approximate surface area is 159 Å². The predicted octanol–water partition coefficient (Wildman–Crippen LogP) is 1.06. The number of carbonyl (C=O) groups excluding carboxylic acids is 2. The highest BCUT2D eigenvalue weighted by Gasteiger charge is 2.22. The van der Waals surface area contributed by atoms with Gasteiger partial charge in [0.1, 0.15) is 5.82 Å². The van der Waals surface area contributed by atoms with Crippen LogP contribution in [0.1, 0.15) is 11.4 Å². The van der Waals surface area contributed by atoms with Crippen molar-refractivity contribution in [3.63, 3.8) is 0 Å². The van der Waals surface area contributed by atoms with Crippen LogP contribution in [0.4, 0.5) is 10.5 Å². The highest BCUT2D eigenvalue weighted by molar-refractivity contribution is 5.89. The smallest absolute Gasteiger partial charge is 0.321 e. The second kappa shape index (κ2) is 8.68. The molecule has 0 radical (unpaired) electrons. The van der Waals surface area contributed by atoms with E-state index in [-0.39, 0.29) is 11.9 Å². The normalized spacial score (nSPS) is 14.8. The predicted molar refractivity (Wildman–Crippen MR) is 103 cm³/mol. The topological polar surface area (TPSA) is 82.5 Å². The SMILES string of the molecule is CNC(=O)Cc1cccc(NC(=O)N2CCN(Cc3nccn3C)CC2)c1. The average Bonchev–Trinajstić information content (AvgIpc) is 3.07. The highest BCUT2D eigenvalue weighted by atomic mass is 16.2. The first-order valence-electron chi connectivity index (χ1n) is 9.09. The molecule has 0 bridgehead atoms. The molecule has 2 heterocycles. The summed E-state index contributed by atoms with van der Waals surface area (Å²) in [7, 11) is 3.60. The Morgan fingerprint density at radius 3 is 2.63 bits per heavy atom. The molecule has 1 aliphatic rings. The number of benzene rings is 1. The molecule has 0 spiro atoms. The third-order valence-electron chi connectivity index (χ3n) is 4.77. The van der Waals surface area contributed by atoms with Crippen molar-refractivity contribution in [3.8, 4) is 0 Å². The molecule has 1 saturated heterocycles. The van der Waals surface area contributed by atoms with Gasteiger partial charge in [0.25, 0.3) is 0 Å². The van der Waals surface area contributed by atoms with Gasteiger partial charge in [-0.25, -0.2) is 9.78 Å². The van der Waals surface area contributed by atoms with Gasteiger partial charge < -0.3 is 20.1 Å². The van der Waals surface area contributed by atoms with Crippen molar-refractivity contribution >= 4 is 17.6 Å². The number of nitrogens with one attached hydrogen (secondary N) is 2. The maximum absolute atomic E-state index is 12.5. The van der Waals surface area contributed by atoms with Crippen LogP contribution in [-0.2, 0) is 24.8 Å². The molecule has 3 amide bonds. The lowest BCUT2D eigenvalue weighted by Crippen LogP contribution is -2.49. The molecule has 2 N–H and O–H groups in total. The Kier molecular flexibility index (Phi) is 6.08. The van der Waals surface area contributed by atoms with E-state index >= 15 is 0 Å². The molecule has 1 aromatic heterocycles. The maximum atomic E-state index is 12.5. The molecule has 8 heteroatoms. The van der Waals surface area contributed by atoms with Crippen LogP contribution in [0.15, 0.2) is 36.7 Å². The number of hydrogen-bond donors (Lipinski definition) is 2. The molecule has 0 aliphatic carbocycles. The summed E-state index contributed by atoms with van der Waals surface area (Å²) < 4.78 is 2.02. The number of aromatic nitrogens is 2. The number of anilines is 1. The van der Waals surface area contributed by atoms with E-state index in [2.05, 4.69) is 20.5 Å². The van der Waals surface area contributed by atoms with Gasteiger partial charge in [-0.3, -0.25) is 9.69 Å². The third kappa shape index (κ3) is 5.07. The molecule has 3 rings (SSSR count). The molecule has 1 fully saturated rings. The summed E-state index contributed by atoms with van der Waals surface area (Å²) in [6, 6.07) is 7.29. The molecule has 2 aromatic rings. The fourth-order valence-electron chi connectivity index (χ4n) is 3.09. The summed E-state index contributed by atoms with van der Waals surface area (Å²) in [6.45, 7) is 3.77.